The molecule has 7 heteroatoms. The van der Waals surface area contributed by atoms with E-state index in [-0.39, 0.29) is 22.9 Å². The number of ether oxygens (including phenoxy) is 1. The SMILES string of the molecule is COc1ccc(/C(O)=C2/C(=O)C(=O)N(Cc3cc(C)ccc3C)C2c2ccncc2)cc1Cl. The first-order chi connectivity index (χ1) is 15.8. The normalized spacial score (nSPS) is 17.5. The summed E-state index contributed by atoms with van der Waals surface area (Å²) < 4.78 is 5.17. The van der Waals surface area contributed by atoms with E-state index in [0.29, 0.717) is 16.9 Å². The van der Waals surface area contributed by atoms with Gasteiger partial charge in [0, 0.05) is 24.5 Å². The zero-order chi connectivity index (χ0) is 23.7. The molecule has 1 aliphatic rings. The minimum absolute atomic E-state index is 0.0118. The largest absolute Gasteiger partial charge is 0.507 e. The van der Waals surface area contributed by atoms with Crippen molar-refractivity contribution in [2.45, 2.75) is 26.4 Å². The van der Waals surface area contributed by atoms with Crippen LogP contribution in [0.1, 0.15) is 33.9 Å². The number of nitrogens with zero attached hydrogens (tertiary/aromatic N) is 2. The van der Waals surface area contributed by atoms with Gasteiger partial charge in [0.1, 0.15) is 11.5 Å². The standard InChI is InChI=1S/C26H23ClN2O4/c1-15-4-5-16(2)19(12-15)14-29-23(17-8-10-28-11-9-17)22(25(31)26(29)32)24(30)18-6-7-21(33-3)20(27)13-18/h4-13,23,30H,14H2,1-3H3/b24-22-. The predicted octanol–water partition coefficient (Wildman–Crippen LogP) is 4.98. The Hall–Kier alpha value is -3.64. The number of aliphatic hydroxyl groups is 1. The number of Topliss-reactive ketones (excluding diaryl/α,β-unsaturated/α-hetero) is 1. The summed E-state index contributed by atoms with van der Waals surface area (Å²) in [4.78, 5) is 31.9. The van der Waals surface area contributed by atoms with E-state index in [2.05, 4.69) is 4.98 Å². The van der Waals surface area contributed by atoms with Crippen molar-refractivity contribution < 1.29 is 19.4 Å². The van der Waals surface area contributed by atoms with E-state index in [1.54, 1.807) is 36.7 Å². The van der Waals surface area contributed by atoms with Gasteiger partial charge in [0.05, 0.1) is 23.7 Å². The third-order valence-corrected chi connectivity index (χ3v) is 6.13. The number of amides is 1. The van der Waals surface area contributed by atoms with Gasteiger partial charge in [-0.1, -0.05) is 35.4 Å². The van der Waals surface area contributed by atoms with Gasteiger partial charge in [-0.2, -0.15) is 0 Å². The molecule has 1 fully saturated rings. The van der Waals surface area contributed by atoms with Gasteiger partial charge in [0.25, 0.3) is 11.7 Å². The number of aryl methyl sites for hydroxylation is 2. The molecule has 6 nitrogen and oxygen atoms in total. The average Bonchev–Trinajstić information content (AvgIpc) is 3.06. The highest BCUT2D eigenvalue weighted by atomic mass is 35.5. The van der Waals surface area contributed by atoms with Gasteiger partial charge < -0.3 is 14.7 Å². The lowest BCUT2D eigenvalue weighted by atomic mass is 9.95. The molecule has 3 aromatic rings. The van der Waals surface area contributed by atoms with Crippen molar-refractivity contribution in [1.29, 1.82) is 0 Å². The van der Waals surface area contributed by atoms with Gasteiger partial charge in [-0.15, -0.1) is 0 Å². The third-order valence-electron chi connectivity index (χ3n) is 5.83. The molecule has 0 aliphatic carbocycles. The van der Waals surface area contributed by atoms with Crippen LogP contribution < -0.4 is 4.74 Å². The number of likely N-dealkylation sites (tertiary alicyclic amines) is 1. The van der Waals surface area contributed by atoms with E-state index < -0.39 is 17.7 Å². The molecule has 1 unspecified atom stereocenters. The summed E-state index contributed by atoms with van der Waals surface area (Å²) in [5.74, 6) is -1.26. The Morgan fingerprint density at radius 1 is 1.09 bits per heavy atom. The number of ketones is 1. The molecule has 33 heavy (non-hydrogen) atoms. The van der Waals surface area contributed by atoms with Crippen LogP contribution in [0.3, 0.4) is 0 Å². The highest BCUT2D eigenvalue weighted by Crippen LogP contribution is 2.41. The molecule has 0 radical (unpaired) electrons. The number of carbonyl (C=O) groups excluding carboxylic acids is 2. The fourth-order valence-electron chi connectivity index (χ4n) is 4.06. The monoisotopic (exact) mass is 462 g/mol. The number of rotatable bonds is 5. The van der Waals surface area contributed by atoms with Crippen LogP contribution in [0.5, 0.6) is 5.75 Å². The average molecular weight is 463 g/mol. The maximum Gasteiger partial charge on any atom is 0.295 e. The fraction of sp³-hybridized carbons (Fsp3) is 0.192. The molecule has 1 saturated heterocycles. The second-order valence-electron chi connectivity index (χ2n) is 7.99. The minimum atomic E-state index is -0.770. The quantitative estimate of drug-likeness (QED) is 0.328. The van der Waals surface area contributed by atoms with E-state index in [0.717, 1.165) is 16.7 Å². The first kappa shape index (κ1) is 22.6. The Balaban J connectivity index is 1.86. The van der Waals surface area contributed by atoms with Crippen molar-refractivity contribution in [1.82, 2.24) is 9.88 Å². The molecular weight excluding hydrogens is 440 g/mol. The molecule has 1 amide bonds. The molecule has 1 atom stereocenters. The van der Waals surface area contributed by atoms with Crippen LogP contribution in [0.25, 0.3) is 5.76 Å². The Kier molecular flexibility index (Phi) is 6.20. The zero-order valence-electron chi connectivity index (χ0n) is 18.5. The van der Waals surface area contributed by atoms with Crippen molar-refractivity contribution in [3.8, 4) is 5.75 Å². The molecular formula is C26H23ClN2O4. The second-order valence-corrected chi connectivity index (χ2v) is 8.39. The van der Waals surface area contributed by atoms with Crippen LogP contribution in [0, 0.1) is 13.8 Å². The van der Waals surface area contributed by atoms with Crippen molar-refractivity contribution in [2.75, 3.05) is 7.11 Å². The van der Waals surface area contributed by atoms with Gasteiger partial charge in [-0.25, -0.2) is 0 Å². The Bertz CT molecular complexity index is 1270. The van der Waals surface area contributed by atoms with Crippen LogP contribution in [-0.2, 0) is 16.1 Å². The van der Waals surface area contributed by atoms with Gasteiger partial charge in [0.2, 0.25) is 0 Å². The van der Waals surface area contributed by atoms with Crippen LogP contribution >= 0.6 is 11.6 Å². The molecule has 2 heterocycles. The van der Waals surface area contributed by atoms with E-state index in [9.17, 15) is 14.7 Å². The Labute approximate surface area is 197 Å². The lowest BCUT2D eigenvalue weighted by Gasteiger charge is -2.26. The number of carbonyl (C=O) groups is 2. The van der Waals surface area contributed by atoms with E-state index >= 15 is 0 Å². The lowest BCUT2D eigenvalue weighted by Crippen LogP contribution is -2.29. The number of aliphatic hydroxyl groups excluding tert-OH is 1. The summed E-state index contributed by atoms with van der Waals surface area (Å²) in [6, 6.07) is 13.4. The Morgan fingerprint density at radius 3 is 2.48 bits per heavy atom. The summed E-state index contributed by atoms with van der Waals surface area (Å²) in [5, 5.41) is 11.5. The molecule has 2 aromatic carbocycles. The number of hydrogen-bond donors (Lipinski definition) is 1. The first-order valence-electron chi connectivity index (χ1n) is 10.4. The molecule has 1 aromatic heterocycles. The molecule has 0 spiro atoms. The highest BCUT2D eigenvalue weighted by Gasteiger charge is 2.46. The number of hydrogen-bond acceptors (Lipinski definition) is 5. The van der Waals surface area contributed by atoms with Crippen LogP contribution in [0.4, 0.5) is 0 Å². The van der Waals surface area contributed by atoms with Crippen molar-refractivity contribution in [2.24, 2.45) is 0 Å². The summed E-state index contributed by atoms with van der Waals surface area (Å²) in [6.07, 6.45) is 3.19. The zero-order valence-corrected chi connectivity index (χ0v) is 19.3. The number of benzene rings is 2. The number of pyridine rings is 1. The first-order valence-corrected chi connectivity index (χ1v) is 10.8. The number of methoxy groups -OCH3 is 1. The summed E-state index contributed by atoms with van der Waals surface area (Å²) in [7, 11) is 1.49. The van der Waals surface area contributed by atoms with Crippen LogP contribution in [0.2, 0.25) is 5.02 Å². The second kappa shape index (κ2) is 9.08. The lowest BCUT2D eigenvalue weighted by molar-refractivity contribution is -0.140. The van der Waals surface area contributed by atoms with E-state index in [4.69, 9.17) is 16.3 Å². The van der Waals surface area contributed by atoms with Gasteiger partial charge >= 0.3 is 0 Å². The van der Waals surface area contributed by atoms with Crippen LogP contribution in [0.15, 0.2) is 66.5 Å². The van der Waals surface area contributed by atoms with Gasteiger partial charge in [-0.3, -0.25) is 14.6 Å². The molecule has 0 bridgehead atoms. The molecule has 4 rings (SSSR count). The molecule has 168 valence electrons. The predicted molar refractivity (Wildman–Crippen MR) is 126 cm³/mol. The molecule has 0 saturated carbocycles. The smallest absolute Gasteiger partial charge is 0.295 e. The minimum Gasteiger partial charge on any atom is -0.507 e. The Morgan fingerprint density at radius 2 is 1.82 bits per heavy atom. The highest BCUT2D eigenvalue weighted by molar-refractivity contribution is 6.46. The van der Waals surface area contributed by atoms with Crippen LogP contribution in [-0.4, -0.2) is 33.8 Å². The molecule has 1 N–H and O–H groups in total. The van der Waals surface area contributed by atoms with Crippen molar-refractivity contribution >= 4 is 29.1 Å². The summed E-state index contributed by atoms with van der Waals surface area (Å²) >= 11 is 6.24. The van der Waals surface area contributed by atoms with E-state index in [1.165, 1.54) is 18.1 Å². The van der Waals surface area contributed by atoms with E-state index in [1.807, 2.05) is 32.0 Å². The maximum absolute atomic E-state index is 13.2. The van der Waals surface area contributed by atoms with Gasteiger partial charge in [0.15, 0.2) is 0 Å². The fourth-order valence-corrected chi connectivity index (χ4v) is 4.32. The van der Waals surface area contributed by atoms with Gasteiger partial charge in [-0.05, 0) is 60.9 Å². The molecule has 1 aliphatic heterocycles. The summed E-state index contributed by atoms with van der Waals surface area (Å²) in [6.45, 7) is 4.17. The number of aromatic nitrogens is 1. The topological polar surface area (TPSA) is 79.7 Å². The van der Waals surface area contributed by atoms with Crippen molar-refractivity contribution in [3.63, 3.8) is 0 Å². The summed E-state index contributed by atoms with van der Waals surface area (Å²) in [5.41, 5.74) is 4.01. The third kappa shape index (κ3) is 4.22. The van der Waals surface area contributed by atoms with Crippen molar-refractivity contribution in [3.05, 3.63) is 99.3 Å². The maximum atomic E-state index is 13.2. The number of halogens is 1.